The lowest BCUT2D eigenvalue weighted by molar-refractivity contribution is -0.140. The van der Waals surface area contributed by atoms with Gasteiger partial charge in [-0.3, -0.25) is 13.9 Å². The number of sulfonamides is 1. The second-order valence-electron chi connectivity index (χ2n) is 9.76. The van der Waals surface area contributed by atoms with Crippen LogP contribution in [0.5, 0.6) is 0 Å². The van der Waals surface area contributed by atoms with E-state index in [0.717, 1.165) is 12.1 Å². The molecule has 3 aromatic carbocycles. The summed E-state index contributed by atoms with van der Waals surface area (Å²) in [6, 6.07) is 16.3. The maximum absolute atomic E-state index is 14.0. The predicted octanol–water partition coefficient (Wildman–Crippen LogP) is 6.28. The highest BCUT2D eigenvalue weighted by Crippen LogP contribution is 2.33. The van der Waals surface area contributed by atoms with Gasteiger partial charge in [-0.1, -0.05) is 61.8 Å². The highest BCUT2D eigenvalue weighted by molar-refractivity contribution is 7.92. The standard InChI is InChI=1S/C30H33ClF3N3O4S/c1-4-21(3)35-29(39)27(5-2)36(19-22-14-16-24(31)17-15-22)28(38)20-37(42(40,41)26-12-7-6-8-13-26)25-11-9-10-23(18-25)30(32,33)34/h6-18,21,27H,4-5,19-20H2,1-3H3,(H,35,39)/t21-,27+/m0/s1. The fourth-order valence-electron chi connectivity index (χ4n) is 4.23. The van der Waals surface area contributed by atoms with Gasteiger partial charge in [0.1, 0.15) is 12.6 Å². The van der Waals surface area contributed by atoms with E-state index in [2.05, 4.69) is 5.32 Å². The van der Waals surface area contributed by atoms with Gasteiger partial charge in [-0.2, -0.15) is 13.2 Å². The van der Waals surface area contributed by atoms with Crippen LogP contribution in [0.1, 0.15) is 44.7 Å². The van der Waals surface area contributed by atoms with E-state index in [1.54, 1.807) is 37.3 Å². The van der Waals surface area contributed by atoms with Crippen LogP contribution in [0.15, 0.2) is 83.8 Å². The second-order valence-corrected chi connectivity index (χ2v) is 12.1. The van der Waals surface area contributed by atoms with Gasteiger partial charge in [0.25, 0.3) is 10.0 Å². The Morgan fingerprint density at radius 2 is 1.57 bits per heavy atom. The van der Waals surface area contributed by atoms with Crippen molar-refractivity contribution in [1.82, 2.24) is 10.2 Å². The number of alkyl halides is 3. The molecule has 3 rings (SSSR count). The third kappa shape index (κ3) is 8.25. The number of rotatable bonds is 12. The number of halogens is 4. The predicted molar refractivity (Wildman–Crippen MR) is 156 cm³/mol. The first-order valence-electron chi connectivity index (χ1n) is 13.4. The van der Waals surface area contributed by atoms with Gasteiger partial charge < -0.3 is 10.2 Å². The molecule has 0 fully saturated rings. The maximum Gasteiger partial charge on any atom is 0.416 e. The lowest BCUT2D eigenvalue weighted by Crippen LogP contribution is -2.53. The average Bonchev–Trinajstić information content (AvgIpc) is 2.96. The lowest BCUT2D eigenvalue weighted by Gasteiger charge is -2.34. The first kappa shape index (κ1) is 32.9. The molecule has 7 nitrogen and oxygen atoms in total. The Morgan fingerprint density at radius 1 is 0.929 bits per heavy atom. The number of carbonyl (C=O) groups excluding carboxylic acids is 2. The Balaban J connectivity index is 2.10. The quantitative estimate of drug-likeness (QED) is 0.257. The Labute approximate surface area is 249 Å². The molecular formula is C30H33ClF3N3O4S. The van der Waals surface area contributed by atoms with Gasteiger partial charge in [0, 0.05) is 17.6 Å². The monoisotopic (exact) mass is 623 g/mol. The molecule has 0 aliphatic rings. The number of nitrogens with zero attached hydrogens (tertiary/aromatic N) is 2. The summed E-state index contributed by atoms with van der Waals surface area (Å²) in [5.74, 6) is -1.20. The summed E-state index contributed by atoms with van der Waals surface area (Å²) in [5.41, 5.74) is -0.789. The third-order valence-corrected chi connectivity index (χ3v) is 8.76. The highest BCUT2D eigenvalue weighted by atomic mass is 35.5. The molecule has 226 valence electrons. The molecule has 0 bridgehead atoms. The number of hydrogen-bond donors (Lipinski definition) is 1. The van der Waals surface area contributed by atoms with E-state index in [0.29, 0.717) is 27.4 Å². The normalized spacial score (nSPS) is 13.2. The van der Waals surface area contributed by atoms with E-state index in [4.69, 9.17) is 11.6 Å². The molecule has 2 amide bonds. The molecular weight excluding hydrogens is 591 g/mol. The molecule has 2 atom stereocenters. The van der Waals surface area contributed by atoms with Crippen molar-refractivity contribution in [3.05, 3.63) is 95.0 Å². The van der Waals surface area contributed by atoms with Gasteiger partial charge in [0.15, 0.2) is 0 Å². The minimum Gasteiger partial charge on any atom is -0.352 e. The molecule has 0 spiro atoms. The van der Waals surface area contributed by atoms with Crippen molar-refractivity contribution >= 4 is 39.1 Å². The Hall–Kier alpha value is -3.57. The van der Waals surface area contributed by atoms with Gasteiger partial charge in [-0.15, -0.1) is 0 Å². The molecule has 3 aromatic rings. The zero-order chi connectivity index (χ0) is 31.1. The van der Waals surface area contributed by atoms with Crippen LogP contribution in [0.2, 0.25) is 5.02 Å². The number of nitrogens with one attached hydrogen (secondary N) is 1. The molecule has 42 heavy (non-hydrogen) atoms. The van der Waals surface area contributed by atoms with E-state index in [9.17, 15) is 31.2 Å². The summed E-state index contributed by atoms with van der Waals surface area (Å²) in [4.78, 5) is 28.3. The minimum absolute atomic E-state index is 0.0652. The Morgan fingerprint density at radius 3 is 2.14 bits per heavy atom. The Kier molecular flexibility index (Phi) is 11.0. The molecule has 0 aromatic heterocycles. The summed E-state index contributed by atoms with van der Waals surface area (Å²) in [6.07, 6.45) is -3.90. The number of hydrogen-bond acceptors (Lipinski definition) is 4. The number of benzene rings is 3. The van der Waals surface area contributed by atoms with E-state index in [-0.39, 0.29) is 29.6 Å². The lowest BCUT2D eigenvalue weighted by atomic mass is 10.1. The van der Waals surface area contributed by atoms with E-state index < -0.39 is 46.2 Å². The van der Waals surface area contributed by atoms with Crippen LogP contribution in [-0.4, -0.2) is 43.8 Å². The van der Waals surface area contributed by atoms with Crippen molar-refractivity contribution in [3.63, 3.8) is 0 Å². The molecule has 0 aliphatic heterocycles. The van der Waals surface area contributed by atoms with Gasteiger partial charge in [-0.25, -0.2) is 8.42 Å². The average molecular weight is 624 g/mol. The fraction of sp³-hybridized carbons (Fsp3) is 0.333. The molecule has 0 aliphatic carbocycles. The van der Waals surface area contributed by atoms with Crippen LogP contribution >= 0.6 is 11.6 Å². The van der Waals surface area contributed by atoms with Crippen LogP contribution in [0, 0.1) is 0 Å². The summed E-state index contributed by atoms with van der Waals surface area (Å²) in [6.45, 7) is 4.51. The van der Waals surface area contributed by atoms with Crippen molar-refractivity contribution in [2.24, 2.45) is 0 Å². The van der Waals surface area contributed by atoms with Crippen molar-refractivity contribution in [1.29, 1.82) is 0 Å². The molecule has 12 heteroatoms. The van der Waals surface area contributed by atoms with Crippen LogP contribution in [0.4, 0.5) is 18.9 Å². The molecule has 1 N–H and O–H groups in total. The van der Waals surface area contributed by atoms with E-state index in [1.165, 1.54) is 35.2 Å². The van der Waals surface area contributed by atoms with Crippen LogP contribution in [-0.2, 0) is 32.3 Å². The fourth-order valence-corrected chi connectivity index (χ4v) is 5.79. The SMILES string of the molecule is CC[C@H](C(=O)N[C@@H](C)CC)N(Cc1ccc(Cl)cc1)C(=O)CN(c1cccc(C(F)(F)F)c1)S(=O)(=O)c1ccccc1. The van der Waals surface area contributed by atoms with Gasteiger partial charge in [0.05, 0.1) is 16.1 Å². The maximum atomic E-state index is 14.0. The topological polar surface area (TPSA) is 86.8 Å². The first-order chi connectivity index (χ1) is 19.8. The molecule has 0 heterocycles. The molecule has 0 saturated heterocycles. The van der Waals surface area contributed by atoms with Crippen molar-refractivity contribution in [2.75, 3.05) is 10.8 Å². The zero-order valence-corrected chi connectivity index (χ0v) is 25.0. The van der Waals surface area contributed by atoms with Gasteiger partial charge >= 0.3 is 6.18 Å². The van der Waals surface area contributed by atoms with Crippen molar-refractivity contribution in [2.45, 2.75) is 63.3 Å². The summed E-state index contributed by atoms with van der Waals surface area (Å²) < 4.78 is 69.0. The van der Waals surface area contributed by atoms with E-state index >= 15 is 0 Å². The third-order valence-electron chi connectivity index (χ3n) is 6.72. The Bertz CT molecular complexity index is 1470. The largest absolute Gasteiger partial charge is 0.416 e. The van der Waals surface area contributed by atoms with Crippen LogP contribution < -0.4 is 9.62 Å². The highest BCUT2D eigenvalue weighted by Gasteiger charge is 2.36. The summed E-state index contributed by atoms with van der Waals surface area (Å²) >= 11 is 6.02. The number of carbonyl (C=O) groups is 2. The van der Waals surface area contributed by atoms with Crippen LogP contribution in [0.3, 0.4) is 0 Å². The summed E-state index contributed by atoms with van der Waals surface area (Å²) in [7, 11) is -4.50. The molecule has 0 saturated carbocycles. The first-order valence-corrected chi connectivity index (χ1v) is 15.2. The smallest absolute Gasteiger partial charge is 0.352 e. The summed E-state index contributed by atoms with van der Waals surface area (Å²) in [5, 5.41) is 3.33. The number of anilines is 1. The van der Waals surface area contributed by atoms with Gasteiger partial charge in [0.2, 0.25) is 11.8 Å². The van der Waals surface area contributed by atoms with E-state index in [1.807, 2.05) is 13.8 Å². The minimum atomic E-state index is -4.75. The molecule has 0 unspecified atom stereocenters. The van der Waals surface area contributed by atoms with Crippen LogP contribution in [0.25, 0.3) is 0 Å². The van der Waals surface area contributed by atoms with Crippen molar-refractivity contribution in [3.8, 4) is 0 Å². The zero-order valence-electron chi connectivity index (χ0n) is 23.4. The second kappa shape index (κ2) is 14.1. The van der Waals surface area contributed by atoms with Gasteiger partial charge in [-0.05, 0) is 67.8 Å². The van der Waals surface area contributed by atoms with Crippen molar-refractivity contribution < 1.29 is 31.2 Å². The number of amides is 2. The molecule has 0 radical (unpaired) electrons.